The van der Waals surface area contributed by atoms with Crippen molar-refractivity contribution < 1.29 is 0 Å². The van der Waals surface area contributed by atoms with Crippen LogP contribution in [0, 0.1) is 0 Å². The van der Waals surface area contributed by atoms with Gasteiger partial charge < -0.3 is 4.57 Å². The van der Waals surface area contributed by atoms with Gasteiger partial charge in [-0.05, 0) is 74.8 Å². The Kier molecular flexibility index (Phi) is 9.14. The standard InChI is InChI=1S/C57H38N4/c1-4-13-39(14-5-1)41-23-27-45(28-24-41)56-58-55(44-17-8-3-9-18-44)59-57(60-56)46-29-25-42(26-30-46)49-33-36-52-51-21-10-11-22-53(51)61(54(52)38-49)50-34-31-43(32-35-50)48-20-12-19-47(37-48)40-15-6-2-7-16-40/h1-38H. The Hall–Kier alpha value is -8.21. The maximum Gasteiger partial charge on any atom is 0.164 e. The highest BCUT2D eigenvalue weighted by Gasteiger charge is 2.16. The molecular weight excluding hydrogens is 741 g/mol. The van der Waals surface area contributed by atoms with Crippen LogP contribution in [0.4, 0.5) is 0 Å². The Morgan fingerprint density at radius 1 is 0.230 bits per heavy atom. The molecule has 0 radical (unpaired) electrons. The van der Waals surface area contributed by atoms with E-state index in [2.05, 4.69) is 199 Å². The average Bonchev–Trinajstić information content (AvgIpc) is 3.68. The lowest BCUT2D eigenvalue weighted by atomic mass is 9.99. The van der Waals surface area contributed by atoms with Gasteiger partial charge in [-0.3, -0.25) is 0 Å². The summed E-state index contributed by atoms with van der Waals surface area (Å²) in [5.74, 6) is 1.91. The molecule has 0 saturated heterocycles. The minimum atomic E-state index is 0.633. The fourth-order valence-corrected chi connectivity index (χ4v) is 8.34. The van der Waals surface area contributed by atoms with Gasteiger partial charge >= 0.3 is 0 Å². The first-order chi connectivity index (χ1) is 30.2. The van der Waals surface area contributed by atoms with Crippen LogP contribution in [-0.4, -0.2) is 19.5 Å². The lowest BCUT2D eigenvalue weighted by Crippen LogP contribution is -2.00. The van der Waals surface area contributed by atoms with Crippen molar-refractivity contribution in [2.75, 3.05) is 0 Å². The number of fused-ring (bicyclic) bond motifs is 3. The Morgan fingerprint density at radius 3 is 1.13 bits per heavy atom. The summed E-state index contributed by atoms with van der Waals surface area (Å²) in [5.41, 5.74) is 15.7. The van der Waals surface area contributed by atoms with Gasteiger partial charge in [0.25, 0.3) is 0 Å². The minimum Gasteiger partial charge on any atom is -0.309 e. The first-order valence-corrected chi connectivity index (χ1v) is 20.6. The Morgan fingerprint density at radius 2 is 0.574 bits per heavy atom. The van der Waals surface area contributed by atoms with E-state index in [1.54, 1.807) is 0 Å². The third-order valence-corrected chi connectivity index (χ3v) is 11.5. The number of hydrogen-bond donors (Lipinski definition) is 0. The molecule has 4 nitrogen and oxygen atoms in total. The molecule has 2 heterocycles. The lowest BCUT2D eigenvalue weighted by molar-refractivity contribution is 1.07. The van der Waals surface area contributed by atoms with Crippen LogP contribution in [-0.2, 0) is 0 Å². The number of benzene rings is 9. The number of nitrogens with zero attached hydrogens (tertiary/aromatic N) is 4. The minimum absolute atomic E-state index is 0.633. The first-order valence-electron chi connectivity index (χ1n) is 20.6. The van der Waals surface area contributed by atoms with Crippen molar-refractivity contribution in [3.05, 3.63) is 231 Å². The molecule has 0 aliphatic carbocycles. The molecule has 2 aromatic heterocycles. The van der Waals surface area contributed by atoms with Crippen molar-refractivity contribution in [2.24, 2.45) is 0 Å². The van der Waals surface area contributed by atoms with E-state index >= 15 is 0 Å². The van der Waals surface area contributed by atoms with E-state index in [0.717, 1.165) is 44.6 Å². The predicted octanol–water partition coefficient (Wildman–Crippen LogP) is 14.6. The van der Waals surface area contributed by atoms with Crippen molar-refractivity contribution in [3.8, 4) is 84.4 Å². The van der Waals surface area contributed by atoms with Gasteiger partial charge in [-0.1, -0.05) is 200 Å². The van der Waals surface area contributed by atoms with Crippen molar-refractivity contribution in [1.82, 2.24) is 19.5 Å². The molecule has 286 valence electrons. The summed E-state index contributed by atoms with van der Waals surface area (Å²) >= 11 is 0. The third-order valence-electron chi connectivity index (χ3n) is 11.5. The molecule has 9 aromatic carbocycles. The zero-order valence-corrected chi connectivity index (χ0v) is 33.2. The summed E-state index contributed by atoms with van der Waals surface area (Å²) in [6.07, 6.45) is 0. The third kappa shape index (κ3) is 6.96. The Balaban J connectivity index is 0.938. The summed E-state index contributed by atoms with van der Waals surface area (Å²) in [7, 11) is 0. The van der Waals surface area contributed by atoms with Crippen LogP contribution in [0.1, 0.15) is 0 Å². The van der Waals surface area contributed by atoms with Gasteiger partial charge in [0, 0.05) is 33.2 Å². The molecule has 0 unspecified atom stereocenters. The van der Waals surface area contributed by atoms with E-state index in [1.807, 2.05) is 36.4 Å². The topological polar surface area (TPSA) is 43.6 Å². The van der Waals surface area contributed by atoms with E-state index in [1.165, 1.54) is 44.1 Å². The smallest absolute Gasteiger partial charge is 0.164 e. The van der Waals surface area contributed by atoms with E-state index in [9.17, 15) is 0 Å². The van der Waals surface area contributed by atoms with Gasteiger partial charge in [-0.2, -0.15) is 0 Å². The summed E-state index contributed by atoms with van der Waals surface area (Å²) in [6, 6.07) is 81.3. The quantitative estimate of drug-likeness (QED) is 0.154. The van der Waals surface area contributed by atoms with Crippen LogP contribution in [0.25, 0.3) is 106 Å². The van der Waals surface area contributed by atoms with Gasteiger partial charge in [0.2, 0.25) is 0 Å². The largest absolute Gasteiger partial charge is 0.309 e. The summed E-state index contributed by atoms with van der Waals surface area (Å²) < 4.78 is 2.39. The maximum absolute atomic E-state index is 5.03. The highest BCUT2D eigenvalue weighted by molar-refractivity contribution is 6.10. The van der Waals surface area contributed by atoms with Crippen LogP contribution in [0.5, 0.6) is 0 Å². The number of rotatable bonds is 8. The van der Waals surface area contributed by atoms with Crippen molar-refractivity contribution in [2.45, 2.75) is 0 Å². The van der Waals surface area contributed by atoms with Gasteiger partial charge in [0.15, 0.2) is 17.5 Å². The van der Waals surface area contributed by atoms with Crippen LogP contribution in [0.3, 0.4) is 0 Å². The first kappa shape index (κ1) is 35.9. The fraction of sp³-hybridized carbons (Fsp3) is 0. The molecule has 0 aliphatic heterocycles. The molecule has 0 saturated carbocycles. The number of para-hydroxylation sites is 1. The molecule has 0 amide bonds. The maximum atomic E-state index is 5.03. The zero-order chi connectivity index (χ0) is 40.5. The van der Waals surface area contributed by atoms with E-state index in [4.69, 9.17) is 15.0 Å². The van der Waals surface area contributed by atoms with Gasteiger partial charge in [-0.25, -0.2) is 15.0 Å². The second-order valence-corrected chi connectivity index (χ2v) is 15.3. The molecule has 0 bridgehead atoms. The SMILES string of the molecule is c1ccc(-c2ccc(-c3nc(-c4ccccc4)nc(-c4ccc(-c5ccc6c7ccccc7n(-c7ccc(-c8cccc(-c9ccccc9)c8)cc7)c6c5)cc4)n3)cc2)cc1. The molecule has 4 heteroatoms. The molecule has 11 aromatic rings. The average molecular weight is 779 g/mol. The zero-order valence-electron chi connectivity index (χ0n) is 33.2. The van der Waals surface area contributed by atoms with Crippen LogP contribution in [0.15, 0.2) is 231 Å². The van der Waals surface area contributed by atoms with Crippen molar-refractivity contribution >= 4 is 21.8 Å². The van der Waals surface area contributed by atoms with Crippen LogP contribution in [0.2, 0.25) is 0 Å². The summed E-state index contributed by atoms with van der Waals surface area (Å²) in [4.78, 5) is 15.0. The molecule has 0 N–H and O–H groups in total. The van der Waals surface area contributed by atoms with Gasteiger partial charge in [-0.15, -0.1) is 0 Å². The molecule has 0 aliphatic rings. The molecule has 0 atom stereocenters. The summed E-state index contributed by atoms with van der Waals surface area (Å²) in [6.45, 7) is 0. The molecule has 0 spiro atoms. The molecule has 61 heavy (non-hydrogen) atoms. The summed E-state index contributed by atoms with van der Waals surface area (Å²) in [5, 5.41) is 2.45. The number of hydrogen-bond acceptors (Lipinski definition) is 3. The monoisotopic (exact) mass is 778 g/mol. The molecular formula is C57H38N4. The van der Waals surface area contributed by atoms with Crippen molar-refractivity contribution in [1.29, 1.82) is 0 Å². The fourth-order valence-electron chi connectivity index (χ4n) is 8.34. The van der Waals surface area contributed by atoms with E-state index in [0.29, 0.717) is 17.5 Å². The Bertz CT molecular complexity index is 3300. The molecule has 11 rings (SSSR count). The predicted molar refractivity (Wildman–Crippen MR) is 252 cm³/mol. The molecule has 0 fully saturated rings. The second-order valence-electron chi connectivity index (χ2n) is 15.3. The van der Waals surface area contributed by atoms with Gasteiger partial charge in [0.1, 0.15) is 0 Å². The van der Waals surface area contributed by atoms with Crippen molar-refractivity contribution in [3.63, 3.8) is 0 Å². The van der Waals surface area contributed by atoms with E-state index < -0.39 is 0 Å². The Labute approximate surface area is 354 Å². The lowest BCUT2D eigenvalue weighted by Gasteiger charge is -2.11. The number of aromatic nitrogens is 4. The highest BCUT2D eigenvalue weighted by atomic mass is 15.0. The van der Waals surface area contributed by atoms with Gasteiger partial charge in [0.05, 0.1) is 11.0 Å². The van der Waals surface area contributed by atoms with E-state index in [-0.39, 0.29) is 0 Å². The highest BCUT2D eigenvalue weighted by Crippen LogP contribution is 2.37. The van der Waals surface area contributed by atoms with Crippen LogP contribution < -0.4 is 0 Å². The normalized spacial score (nSPS) is 11.3. The van der Waals surface area contributed by atoms with Crippen LogP contribution >= 0.6 is 0 Å². The second kappa shape index (κ2) is 15.5.